The first kappa shape index (κ1) is 20.2. The Bertz CT molecular complexity index is 764. The number of carbonyl (C=O) groups is 1. The normalized spacial score (nSPS) is 15.5. The van der Waals surface area contributed by atoms with E-state index in [1.807, 2.05) is 24.3 Å². The minimum absolute atomic E-state index is 0.0272. The van der Waals surface area contributed by atoms with Crippen LogP contribution >= 0.6 is 0 Å². The van der Waals surface area contributed by atoms with Crippen LogP contribution in [0, 0.1) is 5.92 Å². The Balaban J connectivity index is 1.78. The van der Waals surface area contributed by atoms with Crippen LogP contribution in [-0.2, 0) is 11.2 Å². The number of nitrogen functional groups attached to an aromatic ring is 1. The van der Waals surface area contributed by atoms with E-state index in [-0.39, 0.29) is 11.9 Å². The maximum Gasteiger partial charge on any atom is 0.224 e. The summed E-state index contributed by atoms with van der Waals surface area (Å²) in [5.41, 5.74) is 9.97. The number of rotatable bonds is 7. The lowest BCUT2D eigenvalue weighted by Gasteiger charge is -2.33. The predicted molar refractivity (Wildman–Crippen MR) is 117 cm³/mol. The van der Waals surface area contributed by atoms with Gasteiger partial charge in [0, 0.05) is 24.5 Å². The van der Waals surface area contributed by atoms with Crippen molar-refractivity contribution in [3.63, 3.8) is 0 Å². The Hall–Kier alpha value is -2.49. The molecule has 0 saturated carbocycles. The average molecular weight is 380 g/mol. The molecular weight excluding hydrogens is 346 g/mol. The number of amides is 1. The fraction of sp³-hybridized carbons (Fsp3) is 0.458. The van der Waals surface area contributed by atoms with E-state index in [1.165, 1.54) is 30.5 Å². The summed E-state index contributed by atoms with van der Waals surface area (Å²) < 4.78 is 0. The van der Waals surface area contributed by atoms with E-state index < -0.39 is 0 Å². The van der Waals surface area contributed by atoms with Crippen molar-refractivity contribution in [1.29, 1.82) is 0 Å². The SMILES string of the molecule is CC(C)CC(NC(=O)Cc1ccc(N)cc1)c1ccccc1N1CCCCC1. The van der Waals surface area contributed by atoms with Crippen LogP contribution in [-0.4, -0.2) is 19.0 Å². The molecule has 1 aliphatic rings. The Kier molecular flexibility index (Phi) is 6.96. The van der Waals surface area contributed by atoms with E-state index in [2.05, 4.69) is 48.3 Å². The molecule has 1 aliphatic heterocycles. The molecule has 4 heteroatoms. The molecule has 1 fully saturated rings. The molecule has 1 unspecified atom stereocenters. The van der Waals surface area contributed by atoms with Crippen LogP contribution in [0.1, 0.15) is 56.7 Å². The fourth-order valence-corrected chi connectivity index (χ4v) is 4.01. The van der Waals surface area contributed by atoms with Crippen molar-refractivity contribution >= 4 is 17.3 Å². The highest BCUT2D eigenvalue weighted by molar-refractivity contribution is 5.79. The van der Waals surface area contributed by atoms with Gasteiger partial charge in [-0.05, 0) is 60.9 Å². The lowest BCUT2D eigenvalue weighted by Crippen LogP contribution is -2.34. The topological polar surface area (TPSA) is 58.4 Å². The van der Waals surface area contributed by atoms with Crippen molar-refractivity contribution in [2.75, 3.05) is 23.7 Å². The van der Waals surface area contributed by atoms with E-state index in [1.54, 1.807) is 0 Å². The zero-order valence-electron chi connectivity index (χ0n) is 17.2. The minimum Gasteiger partial charge on any atom is -0.399 e. The second-order valence-electron chi connectivity index (χ2n) is 8.27. The third kappa shape index (κ3) is 5.51. The second kappa shape index (κ2) is 9.63. The van der Waals surface area contributed by atoms with E-state index in [0.29, 0.717) is 12.3 Å². The van der Waals surface area contributed by atoms with Gasteiger partial charge < -0.3 is 16.0 Å². The van der Waals surface area contributed by atoms with Gasteiger partial charge in [0.2, 0.25) is 5.91 Å². The summed E-state index contributed by atoms with van der Waals surface area (Å²) in [4.78, 5) is 15.3. The van der Waals surface area contributed by atoms with Crippen LogP contribution in [0.25, 0.3) is 0 Å². The molecule has 3 rings (SSSR count). The van der Waals surface area contributed by atoms with Crippen LogP contribution < -0.4 is 16.0 Å². The Morgan fingerprint density at radius 2 is 1.71 bits per heavy atom. The Morgan fingerprint density at radius 1 is 1.04 bits per heavy atom. The average Bonchev–Trinajstić information content (AvgIpc) is 2.69. The van der Waals surface area contributed by atoms with Crippen molar-refractivity contribution in [2.24, 2.45) is 5.92 Å². The minimum atomic E-state index is 0.0272. The van der Waals surface area contributed by atoms with Gasteiger partial charge in [-0.3, -0.25) is 4.79 Å². The number of benzene rings is 2. The van der Waals surface area contributed by atoms with Crippen LogP contribution in [0.4, 0.5) is 11.4 Å². The maximum absolute atomic E-state index is 12.8. The molecule has 0 bridgehead atoms. The number of nitrogens with two attached hydrogens (primary N) is 1. The molecular formula is C24H33N3O. The first-order valence-corrected chi connectivity index (χ1v) is 10.5. The highest BCUT2D eigenvalue weighted by Crippen LogP contribution is 2.32. The van der Waals surface area contributed by atoms with Gasteiger partial charge in [0.25, 0.3) is 0 Å². The number of para-hydroxylation sites is 1. The van der Waals surface area contributed by atoms with Gasteiger partial charge in [-0.25, -0.2) is 0 Å². The number of hydrogen-bond donors (Lipinski definition) is 2. The Labute approximate surface area is 169 Å². The Morgan fingerprint density at radius 3 is 2.39 bits per heavy atom. The van der Waals surface area contributed by atoms with Gasteiger partial charge in [0.1, 0.15) is 0 Å². The summed E-state index contributed by atoms with van der Waals surface area (Å²) in [7, 11) is 0. The van der Waals surface area contributed by atoms with Crippen molar-refractivity contribution in [1.82, 2.24) is 5.32 Å². The van der Waals surface area contributed by atoms with Crippen LogP contribution in [0.5, 0.6) is 0 Å². The zero-order valence-corrected chi connectivity index (χ0v) is 17.2. The van der Waals surface area contributed by atoms with E-state index in [4.69, 9.17) is 5.73 Å². The number of hydrogen-bond acceptors (Lipinski definition) is 3. The molecule has 3 N–H and O–H groups in total. The molecule has 2 aromatic rings. The van der Waals surface area contributed by atoms with Crippen molar-refractivity contribution in [2.45, 2.75) is 52.0 Å². The molecule has 150 valence electrons. The van der Waals surface area contributed by atoms with Gasteiger partial charge in [-0.1, -0.05) is 44.2 Å². The van der Waals surface area contributed by atoms with Crippen LogP contribution in [0.2, 0.25) is 0 Å². The monoisotopic (exact) mass is 379 g/mol. The largest absolute Gasteiger partial charge is 0.399 e. The first-order chi connectivity index (χ1) is 13.5. The maximum atomic E-state index is 12.8. The summed E-state index contributed by atoms with van der Waals surface area (Å²) in [6, 6.07) is 16.2. The molecule has 1 atom stereocenters. The zero-order chi connectivity index (χ0) is 19.9. The molecule has 1 saturated heterocycles. The summed E-state index contributed by atoms with van der Waals surface area (Å²) in [5.74, 6) is 0.556. The van der Waals surface area contributed by atoms with E-state index >= 15 is 0 Å². The summed E-state index contributed by atoms with van der Waals surface area (Å²) in [6.45, 7) is 6.63. The van der Waals surface area contributed by atoms with Crippen molar-refractivity contribution in [3.05, 3.63) is 59.7 Å². The lowest BCUT2D eigenvalue weighted by molar-refractivity contribution is -0.121. The van der Waals surface area contributed by atoms with Gasteiger partial charge in [0.05, 0.1) is 12.5 Å². The number of carbonyl (C=O) groups excluding carboxylic acids is 1. The number of nitrogens with zero attached hydrogens (tertiary/aromatic N) is 1. The number of nitrogens with one attached hydrogen (secondary N) is 1. The summed E-state index contributed by atoms with van der Waals surface area (Å²) in [5, 5.41) is 3.31. The van der Waals surface area contributed by atoms with Gasteiger partial charge in [0.15, 0.2) is 0 Å². The molecule has 1 amide bonds. The predicted octanol–water partition coefficient (Wildman–Crippen LogP) is 4.71. The van der Waals surface area contributed by atoms with Gasteiger partial charge >= 0.3 is 0 Å². The fourth-order valence-electron chi connectivity index (χ4n) is 4.01. The standard InChI is InChI=1S/C24H33N3O/c1-18(2)16-22(26-24(28)17-19-10-12-20(25)13-11-19)21-8-4-5-9-23(21)27-14-6-3-7-15-27/h4-5,8-13,18,22H,3,6-7,14-17,25H2,1-2H3,(H,26,28). The van der Waals surface area contributed by atoms with E-state index in [9.17, 15) is 4.79 Å². The highest BCUT2D eigenvalue weighted by atomic mass is 16.1. The highest BCUT2D eigenvalue weighted by Gasteiger charge is 2.22. The molecule has 0 aliphatic carbocycles. The van der Waals surface area contributed by atoms with Crippen molar-refractivity contribution in [3.8, 4) is 0 Å². The van der Waals surface area contributed by atoms with Gasteiger partial charge in [-0.2, -0.15) is 0 Å². The van der Waals surface area contributed by atoms with Crippen molar-refractivity contribution < 1.29 is 4.79 Å². The number of anilines is 2. The molecule has 0 spiro atoms. The third-order valence-electron chi connectivity index (χ3n) is 5.40. The third-order valence-corrected chi connectivity index (χ3v) is 5.40. The molecule has 2 aromatic carbocycles. The van der Waals surface area contributed by atoms with Crippen LogP contribution in [0.15, 0.2) is 48.5 Å². The van der Waals surface area contributed by atoms with Gasteiger partial charge in [-0.15, -0.1) is 0 Å². The summed E-state index contributed by atoms with van der Waals surface area (Å²) in [6.07, 6.45) is 5.10. The molecule has 1 heterocycles. The number of piperidine rings is 1. The molecule has 4 nitrogen and oxygen atoms in total. The van der Waals surface area contributed by atoms with E-state index in [0.717, 1.165) is 30.8 Å². The first-order valence-electron chi connectivity index (χ1n) is 10.5. The smallest absolute Gasteiger partial charge is 0.224 e. The molecule has 0 aromatic heterocycles. The summed E-state index contributed by atoms with van der Waals surface area (Å²) >= 11 is 0. The molecule has 0 radical (unpaired) electrons. The van der Waals surface area contributed by atoms with Crippen LogP contribution in [0.3, 0.4) is 0 Å². The quantitative estimate of drug-likeness (QED) is 0.685. The molecule has 28 heavy (non-hydrogen) atoms. The second-order valence-corrected chi connectivity index (χ2v) is 8.27. The lowest BCUT2D eigenvalue weighted by atomic mass is 9.94.